The largest absolute Gasteiger partial charge is 0.495 e. The summed E-state index contributed by atoms with van der Waals surface area (Å²) in [6.45, 7) is 5.24. The van der Waals surface area contributed by atoms with Gasteiger partial charge in [-0.1, -0.05) is 26.8 Å². The Morgan fingerprint density at radius 1 is 1.22 bits per heavy atom. The van der Waals surface area contributed by atoms with Crippen LogP contribution in [0.2, 0.25) is 0 Å². The number of alkyl halides is 3. The van der Waals surface area contributed by atoms with Crippen LogP contribution >= 0.6 is 0 Å². The summed E-state index contributed by atoms with van der Waals surface area (Å²) in [5.74, 6) is 0.0670. The highest BCUT2D eigenvalue weighted by Crippen LogP contribution is 2.31. The predicted octanol–water partition coefficient (Wildman–Crippen LogP) is 4.16. The Morgan fingerprint density at radius 3 is 2.33 bits per heavy atom. The number of hydrogen-bond acceptors (Lipinski definition) is 4. The average Bonchev–Trinajstić information content (AvgIpc) is 3.04. The second-order valence-corrected chi connectivity index (χ2v) is 5.96. The molecule has 1 atom stereocenters. The van der Waals surface area contributed by atoms with Gasteiger partial charge in [-0.25, -0.2) is 4.98 Å². The molecule has 0 aliphatic heterocycles. The molecule has 0 saturated carbocycles. The molecule has 27 heavy (non-hydrogen) atoms. The van der Waals surface area contributed by atoms with E-state index in [4.69, 9.17) is 14.3 Å². The van der Waals surface area contributed by atoms with Crippen molar-refractivity contribution in [1.82, 2.24) is 9.55 Å². The van der Waals surface area contributed by atoms with Gasteiger partial charge in [-0.2, -0.15) is 22.8 Å². The summed E-state index contributed by atoms with van der Waals surface area (Å²) in [6.07, 6.45) is -0.471. The molecule has 8 heteroatoms. The van der Waals surface area contributed by atoms with Crippen LogP contribution in [0.15, 0.2) is 24.4 Å². The highest BCUT2D eigenvalue weighted by Gasteiger charge is 2.35. The SMILES string of the molecule is CCc1cn(-c2ccc(C[C@@H](C)C(F)(F)F)cc2OC)c(CC)n1.O=C=O. The van der Waals surface area contributed by atoms with Crippen LogP contribution in [0.4, 0.5) is 13.2 Å². The molecule has 2 aromatic rings. The molecule has 0 N–H and O–H groups in total. The van der Waals surface area contributed by atoms with Crippen LogP contribution in [0.1, 0.15) is 37.9 Å². The fourth-order valence-electron chi connectivity index (χ4n) is 2.62. The molecule has 0 bridgehead atoms. The molecular formula is C19H23F3N2O3. The Hall–Kier alpha value is -2.60. The van der Waals surface area contributed by atoms with E-state index >= 15 is 0 Å². The standard InChI is InChI=1S/C18H23F3N2O.CO2/c1-5-14-11-23(17(6-2)22-14)15-8-7-13(10-16(15)24-4)9-12(3)18(19,20)21;2-1-3/h7-8,10-12H,5-6,9H2,1-4H3;/t12-;/m1./s1. The van der Waals surface area contributed by atoms with Gasteiger partial charge in [0.2, 0.25) is 0 Å². The zero-order chi connectivity index (χ0) is 20.6. The van der Waals surface area contributed by atoms with Gasteiger partial charge in [0.1, 0.15) is 11.6 Å². The molecule has 0 amide bonds. The third-order valence-electron chi connectivity index (χ3n) is 4.11. The first-order chi connectivity index (χ1) is 12.7. The van der Waals surface area contributed by atoms with Crippen LogP contribution in [0, 0.1) is 5.92 Å². The van der Waals surface area contributed by atoms with Crippen molar-refractivity contribution in [3.63, 3.8) is 0 Å². The minimum Gasteiger partial charge on any atom is -0.495 e. The fraction of sp³-hybridized carbons (Fsp3) is 0.474. The summed E-state index contributed by atoms with van der Waals surface area (Å²) >= 11 is 0. The summed E-state index contributed by atoms with van der Waals surface area (Å²) in [5, 5.41) is 0. The average molecular weight is 384 g/mol. The Morgan fingerprint density at radius 2 is 1.85 bits per heavy atom. The van der Waals surface area contributed by atoms with Crippen molar-refractivity contribution >= 4 is 6.15 Å². The number of ether oxygens (including phenoxy) is 1. The van der Waals surface area contributed by atoms with Crippen LogP contribution in [-0.2, 0) is 28.9 Å². The van der Waals surface area contributed by atoms with Crippen LogP contribution in [0.3, 0.4) is 0 Å². The molecule has 0 fully saturated rings. The van der Waals surface area contributed by atoms with Gasteiger partial charge >= 0.3 is 12.3 Å². The first-order valence-electron chi connectivity index (χ1n) is 8.52. The molecule has 0 unspecified atom stereocenters. The Bertz CT molecular complexity index is 779. The van der Waals surface area contributed by atoms with E-state index in [2.05, 4.69) is 4.98 Å². The lowest BCUT2D eigenvalue weighted by Gasteiger charge is -2.17. The van der Waals surface area contributed by atoms with E-state index in [1.54, 1.807) is 18.2 Å². The van der Waals surface area contributed by atoms with E-state index in [-0.39, 0.29) is 12.6 Å². The maximum Gasteiger partial charge on any atom is 0.391 e. The quantitative estimate of drug-likeness (QED) is 0.750. The van der Waals surface area contributed by atoms with Crippen molar-refractivity contribution in [2.75, 3.05) is 7.11 Å². The molecule has 1 heterocycles. The fourth-order valence-corrected chi connectivity index (χ4v) is 2.62. The molecular weight excluding hydrogens is 361 g/mol. The maximum atomic E-state index is 12.8. The van der Waals surface area contributed by atoms with Crippen LogP contribution in [-0.4, -0.2) is 29.0 Å². The normalized spacial score (nSPS) is 12.0. The van der Waals surface area contributed by atoms with Gasteiger partial charge in [0.25, 0.3) is 0 Å². The van der Waals surface area contributed by atoms with Gasteiger partial charge in [-0.15, -0.1) is 0 Å². The third kappa shape index (κ3) is 5.96. The number of aryl methyl sites for hydroxylation is 2. The van der Waals surface area contributed by atoms with E-state index in [0.717, 1.165) is 30.0 Å². The van der Waals surface area contributed by atoms with Gasteiger partial charge in [0, 0.05) is 12.6 Å². The lowest BCUT2D eigenvalue weighted by molar-refractivity contribution is -0.191. The number of benzene rings is 1. The first-order valence-corrected chi connectivity index (χ1v) is 8.52. The summed E-state index contributed by atoms with van der Waals surface area (Å²) in [6, 6.07) is 5.21. The number of hydrogen-bond donors (Lipinski definition) is 0. The number of nitrogens with zero attached hydrogens (tertiary/aromatic N) is 2. The number of rotatable bonds is 6. The smallest absolute Gasteiger partial charge is 0.391 e. The molecule has 5 nitrogen and oxygen atoms in total. The number of imidazole rings is 1. The minimum atomic E-state index is -4.19. The second-order valence-electron chi connectivity index (χ2n) is 5.96. The molecule has 1 aromatic heterocycles. The molecule has 0 radical (unpaired) electrons. The molecule has 0 aliphatic carbocycles. The number of methoxy groups -OCH3 is 1. The van der Waals surface area contributed by atoms with Gasteiger partial charge in [-0.3, -0.25) is 4.57 Å². The predicted molar refractivity (Wildman–Crippen MR) is 92.8 cm³/mol. The molecule has 0 aliphatic rings. The lowest BCUT2D eigenvalue weighted by atomic mass is 10.00. The van der Waals surface area contributed by atoms with Gasteiger partial charge in [0.05, 0.1) is 24.4 Å². The number of aromatic nitrogens is 2. The lowest BCUT2D eigenvalue weighted by Crippen LogP contribution is -2.21. The van der Waals surface area contributed by atoms with Crippen molar-refractivity contribution in [3.05, 3.63) is 41.5 Å². The molecule has 1 aromatic carbocycles. The van der Waals surface area contributed by atoms with Crippen molar-refractivity contribution < 1.29 is 27.5 Å². The third-order valence-corrected chi connectivity index (χ3v) is 4.11. The molecule has 0 saturated heterocycles. The first kappa shape index (κ1) is 22.4. The molecule has 148 valence electrons. The van der Waals surface area contributed by atoms with Gasteiger partial charge in [0.15, 0.2) is 0 Å². The van der Waals surface area contributed by atoms with Crippen molar-refractivity contribution in [2.24, 2.45) is 5.92 Å². The van der Waals surface area contributed by atoms with Crippen LogP contribution < -0.4 is 4.74 Å². The molecule has 0 spiro atoms. The topological polar surface area (TPSA) is 61.2 Å². The van der Waals surface area contributed by atoms with Gasteiger partial charge < -0.3 is 4.74 Å². The maximum absolute atomic E-state index is 12.8. The summed E-state index contributed by atoms with van der Waals surface area (Å²) in [7, 11) is 1.53. The summed E-state index contributed by atoms with van der Waals surface area (Å²) in [4.78, 5) is 20.8. The van der Waals surface area contributed by atoms with E-state index in [9.17, 15) is 13.2 Å². The van der Waals surface area contributed by atoms with Crippen molar-refractivity contribution in [1.29, 1.82) is 0 Å². The Kier molecular flexibility index (Phi) is 8.25. The van der Waals surface area contributed by atoms with Gasteiger partial charge in [-0.05, 0) is 30.5 Å². The van der Waals surface area contributed by atoms with E-state index in [1.165, 1.54) is 14.0 Å². The van der Waals surface area contributed by atoms with Crippen molar-refractivity contribution in [2.45, 2.75) is 46.2 Å². The number of halogens is 3. The van der Waals surface area contributed by atoms with E-state index in [1.807, 2.05) is 24.6 Å². The van der Waals surface area contributed by atoms with E-state index in [0.29, 0.717) is 11.3 Å². The second kappa shape index (κ2) is 9.92. The molecule has 2 rings (SSSR count). The summed E-state index contributed by atoms with van der Waals surface area (Å²) < 4.78 is 45.6. The van der Waals surface area contributed by atoms with Crippen LogP contribution in [0.25, 0.3) is 5.69 Å². The van der Waals surface area contributed by atoms with Crippen LogP contribution in [0.5, 0.6) is 5.75 Å². The summed E-state index contributed by atoms with van der Waals surface area (Å²) in [5.41, 5.74) is 2.38. The van der Waals surface area contributed by atoms with E-state index < -0.39 is 12.1 Å². The minimum absolute atomic E-state index is 0.0646. The van der Waals surface area contributed by atoms with Crippen molar-refractivity contribution in [3.8, 4) is 11.4 Å². The highest BCUT2D eigenvalue weighted by molar-refractivity contribution is 5.50. The Labute approximate surface area is 156 Å². The highest BCUT2D eigenvalue weighted by atomic mass is 19.4. The monoisotopic (exact) mass is 384 g/mol. The zero-order valence-electron chi connectivity index (χ0n) is 15.8. The Balaban J connectivity index is 0.00000114. The zero-order valence-corrected chi connectivity index (χ0v) is 15.8. The number of carbonyl (C=O) groups excluding carboxylic acids is 2.